The minimum Gasteiger partial charge on any atom is -0.455 e. The Kier molecular flexibility index (Phi) is 6.89. The number of fused-ring (bicyclic) bond motifs is 6. The summed E-state index contributed by atoms with van der Waals surface area (Å²) in [5.74, 6) is 0.528. The topological polar surface area (TPSA) is 26.3 Å². The zero-order valence-electron chi connectivity index (χ0n) is 28.3. The molecule has 0 radical (unpaired) electrons. The molecule has 51 heavy (non-hydrogen) atoms. The minimum absolute atomic E-state index is 0.528. The van der Waals surface area contributed by atoms with E-state index in [2.05, 4.69) is 171 Å². The van der Waals surface area contributed by atoms with Gasteiger partial charge in [0.15, 0.2) is 0 Å². The van der Waals surface area contributed by atoms with Gasteiger partial charge in [-0.15, -0.1) is 0 Å². The highest BCUT2D eigenvalue weighted by Gasteiger charge is 2.22. The molecule has 1 aliphatic rings. The van der Waals surface area contributed by atoms with Gasteiger partial charge in [0.2, 0.25) is 0 Å². The molecule has 0 N–H and O–H groups in total. The minimum atomic E-state index is 0.528. The van der Waals surface area contributed by atoms with Crippen LogP contribution in [0.15, 0.2) is 179 Å². The lowest BCUT2D eigenvalue weighted by atomic mass is 9.87. The molecule has 0 amide bonds. The fourth-order valence-electron chi connectivity index (χ4n) is 7.83. The van der Waals surface area contributed by atoms with Gasteiger partial charge < -0.3 is 8.83 Å². The summed E-state index contributed by atoms with van der Waals surface area (Å²) in [6.07, 6.45) is 7.77. The number of allylic oxidation sites excluding steroid dienone is 4. The van der Waals surface area contributed by atoms with Crippen LogP contribution in [-0.4, -0.2) is 0 Å². The third-order valence-corrected chi connectivity index (χ3v) is 10.6. The zero-order valence-corrected chi connectivity index (χ0v) is 28.3. The molecule has 2 heterocycles. The van der Waals surface area contributed by atoms with E-state index in [1.807, 2.05) is 6.07 Å². The highest BCUT2D eigenvalue weighted by atomic mass is 16.3. The number of benzene rings is 7. The second-order valence-corrected chi connectivity index (χ2v) is 13.7. The first kappa shape index (κ1) is 29.5. The Balaban J connectivity index is 1.13. The molecule has 2 aromatic heterocycles. The highest BCUT2D eigenvalue weighted by Crippen LogP contribution is 2.45. The van der Waals surface area contributed by atoms with Crippen LogP contribution in [0.3, 0.4) is 0 Å². The first-order chi connectivity index (χ1) is 25.2. The highest BCUT2D eigenvalue weighted by molar-refractivity contribution is 6.22. The molecule has 1 atom stereocenters. The molecule has 0 saturated heterocycles. The molecule has 0 spiro atoms. The molecule has 0 saturated carbocycles. The molecular formula is C49H34O2. The van der Waals surface area contributed by atoms with E-state index in [-0.39, 0.29) is 0 Å². The maximum atomic E-state index is 6.71. The summed E-state index contributed by atoms with van der Waals surface area (Å²) in [6, 6.07) is 54.2. The van der Waals surface area contributed by atoms with E-state index in [0.717, 1.165) is 67.0 Å². The van der Waals surface area contributed by atoms with Crippen molar-refractivity contribution in [3.63, 3.8) is 0 Å². The Bertz CT molecular complexity index is 2790. The van der Waals surface area contributed by atoms with Crippen LogP contribution in [0.25, 0.3) is 94.0 Å². The van der Waals surface area contributed by atoms with Gasteiger partial charge in [0.1, 0.15) is 22.3 Å². The first-order valence-electron chi connectivity index (χ1n) is 17.7. The number of rotatable bonds is 5. The lowest BCUT2D eigenvalue weighted by molar-refractivity contribution is 0.658. The number of furan rings is 2. The molecule has 0 aliphatic heterocycles. The Labute approximate surface area is 296 Å². The molecular weight excluding hydrogens is 621 g/mol. The van der Waals surface area contributed by atoms with Gasteiger partial charge in [-0.05, 0) is 92.8 Å². The van der Waals surface area contributed by atoms with Gasteiger partial charge in [0.05, 0.1) is 5.56 Å². The third-order valence-electron chi connectivity index (χ3n) is 10.6. The van der Waals surface area contributed by atoms with Crippen molar-refractivity contribution in [2.24, 2.45) is 5.92 Å². The summed E-state index contributed by atoms with van der Waals surface area (Å²) in [7, 11) is 0. The average molecular weight is 655 g/mol. The monoisotopic (exact) mass is 654 g/mol. The largest absolute Gasteiger partial charge is 0.455 e. The summed E-state index contributed by atoms with van der Waals surface area (Å²) in [5.41, 5.74) is 15.3. The average Bonchev–Trinajstić information content (AvgIpc) is 3.75. The van der Waals surface area contributed by atoms with Crippen molar-refractivity contribution in [2.75, 3.05) is 0 Å². The molecule has 2 nitrogen and oxygen atoms in total. The maximum absolute atomic E-state index is 6.71. The van der Waals surface area contributed by atoms with E-state index < -0.39 is 0 Å². The lowest BCUT2D eigenvalue weighted by Gasteiger charge is -2.17. The second kappa shape index (κ2) is 11.9. The molecule has 2 heteroatoms. The normalized spacial score (nSPS) is 14.5. The van der Waals surface area contributed by atoms with E-state index in [9.17, 15) is 0 Å². The molecule has 7 aromatic carbocycles. The molecule has 242 valence electrons. The molecule has 1 aliphatic carbocycles. The van der Waals surface area contributed by atoms with Crippen LogP contribution < -0.4 is 0 Å². The smallest absolute Gasteiger partial charge is 0.147 e. The van der Waals surface area contributed by atoms with E-state index in [1.54, 1.807) is 0 Å². The molecule has 0 fully saturated rings. The van der Waals surface area contributed by atoms with Crippen molar-refractivity contribution < 1.29 is 8.83 Å². The standard InChI is InChI=1S/C49H34O2/c1-31-10-8-9-15-40(31)36-22-20-35(21-23-36)39-25-27-46-42(29-39)44-30-43-41-28-38(34-18-16-33(17-19-34)32-11-4-2-5-12-32)24-26-45(41)50-48(43)47(49(44)51-46)37-13-6-3-7-14-37/h2-9,11-31H,10H2,1H3. The van der Waals surface area contributed by atoms with Gasteiger partial charge in [-0.2, -0.15) is 0 Å². The van der Waals surface area contributed by atoms with Gasteiger partial charge in [0.25, 0.3) is 0 Å². The van der Waals surface area contributed by atoms with Crippen LogP contribution in [0.5, 0.6) is 0 Å². The van der Waals surface area contributed by atoms with Crippen molar-refractivity contribution in [1.82, 2.24) is 0 Å². The fourth-order valence-corrected chi connectivity index (χ4v) is 7.83. The number of hydrogen-bond acceptors (Lipinski definition) is 2. The lowest BCUT2D eigenvalue weighted by Crippen LogP contribution is -2.00. The van der Waals surface area contributed by atoms with Crippen LogP contribution in [-0.2, 0) is 0 Å². The maximum Gasteiger partial charge on any atom is 0.147 e. The summed E-state index contributed by atoms with van der Waals surface area (Å²) in [5, 5.41) is 4.36. The van der Waals surface area contributed by atoms with Crippen molar-refractivity contribution >= 4 is 49.5 Å². The van der Waals surface area contributed by atoms with Gasteiger partial charge >= 0.3 is 0 Å². The fraction of sp³-hybridized carbons (Fsp3) is 0.0612. The van der Waals surface area contributed by atoms with Gasteiger partial charge in [-0.1, -0.05) is 146 Å². The summed E-state index contributed by atoms with van der Waals surface area (Å²) >= 11 is 0. The SMILES string of the molecule is CC1CC=CC=C1c1ccc(-c2ccc3oc4c(-c5ccccc5)c5oc6ccc(-c7ccc(-c8ccccc8)cc7)cc6c5cc4c3c2)cc1. The Morgan fingerprint density at radius 1 is 0.431 bits per heavy atom. The van der Waals surface area contributed by atoms with Crippen molar-refractivity contribution in [3.8, 4) is 44.5 Å². The molecule has 1 unspecified atom stereocenters. The van der Waals surface area contributed by atoms with Gasteiger partial charge in [-0.3, -0.25) is 0 Å². The van der Waals surface area contributed by atoms with E-state index in [4.69, 9.17) is 8.83 Å². The summed E-state index contributed by atoms with van der Waals surface area (Å²) in [4.78, 5) is 0. The first-order valence-corrected chi connectivity index (χ1v) is 17.7. The van der Waals surface area contributed by atoms with Crippen LogP contribution in [0.4, 0.5) is 0 Å². The van der Waals surface area contributed by atoms with E-state index >= 15 is 0 Å². The molecule has 0 bridgehead atoms. The van der Waals surface area contributed by atoms with Crippen molar-refractivity contribution in [3.05, 3.63) is 175 Å². The van der Waals surface area contributed by atoms with Crippen LogP contribution >= 0.6 is 0 Å². The van der Waals surface area contributed by atoms with Gasteiger partial charge in [0, 0.05) is 21.5 Å². The van der Waals surface area contributed by atoms with Crippen LogP contribution in [0.2, 0.25) is 0 Å². The third kappa shape index (κ3) is 5.03. The van der Waals surface area contributed by atoms with E-state index in [1.165, 1.54) is 39.0 Å². The summed E-state index contributed by atoms with van der Waals surface area (Å²) < 4.78 is 13.4. The molecule has 10 rings (SSSR count). The zero-order chi connectivity index (χ0) is 33.9. The van der Waals surface area contributed by atoms with Gasteiger partial charge in [-0.25, -0.2) is 0 Å². The predicted molar refractivity (Wildman–Crippen MR) is 214 cm³/mol. The quantitative estimate of drug-likeness (QED) is 0.185. The summed E-state index contributed by atoms with van der Waals surface area (Å²) in [6.45, 7) is 2.30. The second-order valence-electron chi connectivity index (χ2n) is 13.7. The van der Waals surface area contributed by atoms with Crippen LogP contribution in [0.1, 0.15) is 18.9 Å². The predicted octanol–water partition coefficient (Wildman–Crippen LogP) is 14.1. The Hall–Kier alpha value is -6.38. The Morgan fingerprint density at radius 2 is 0.882 bits per heavy atom. The van der Waals surface area contributed by atoms with Crippen molar-refractivity contribution in [2.45, 2.75) is 13.3 Å². The van der Waals surface area contributed by atoms with Crippen LogP contribution in [0, 0.1) is 5.92 Å². The van der Waals surface area contributed by atoms with E-state index in [0.29, 0.717) is 5.92 Å². The van der Waals surface area contributed by atoms with Crippen molar-refractivity contribution in [1.29, 1.82) is 0 Å². The Morgan fingerprint density at radius 3 is 1.41 bits per heavy atom. The molecule has 9 aromatic rings. The number of hydrogen-bond donors (Lipinski definition) is 0.